The lowest BCUT2D eigenvalue weighted by molar-refractivity contribution is 0.177. The van der Waals surface area contributed by atoms with E-state index in [4.69, 9.17) is 0 Å². The molecular formula is C17H24N2O. The zero-order valence-corrected chi connectivity index (χ0v) is 12.4. The van der Waals surface area contributed by atoms with Gasteiger partial charge in [0.15, 0.2) is 0 Å². The highest BCUT2D eigenvalue weighted by molar-refractivity contribution is 5.85. The Kier molecular flexibility index (Phi) is 3.81. The van der Waals surface area contributed by atoms with Crippen LogP contribution in [0.15, 0.2) is 24.3 Å². The van der Waals surface area contributed by atoms with E-state index in [-0.39, 0.29) is 6.10 Å². The second kappa shape index (κ2) is 5.58. The number of fused-ring (bicyclic) bond motifs is 1. The number of aromatic nitrogens is 1. The average molecular weight is 272 g/mol. The summed E-state index contributed by atoms with van der Waals surface area (Å²) in [6.07, 6.45) is 3.02. The summed E-state index contributed by atoms with van der Waals surface area (Å²) in [6.45, 7) is 4.13. The first-order valence-corrected chi connectivity index (χ1v) is 7.58. The third kappa shape index (κ3) is 2.48. The van der Waals surface area contributed by atoms with Gasteiger partial charge >= 0.3 is 0 Å². The van der Waals surface area contributed by atoms with Crippen molar-refractivity contribution in [1.82, 2.24) is 9.88 Å². The topological polar surface area (TPSA) is 37.2 Å². The first kappa shape index (κ1) is 13.7. The highest BCUT2D eigenvalue weighted by Gasteiger charge is 2.22. The largest absolute Gasteiger partial charge is 0.393 e. The van der Waals surface area contributed by atoms with Crippen LogP contribution in [-0.4, -0.2) is 22.3 Å². The van der Waals surface area contributed by atoms with E-state index in [9.17, 15) is 5.11 Å². The molecule has 1 aromatic heterocycles. The van der Waals surface area contributed by atoms with Gasteiger partial charge in [-0.25, -0.2) is 0 Å². The normalized spacial score (nSPS) is 22.8. The van der Waals surface area contributed by atoms with Crippen LogP contribution in [0.2, 0.25) is 0 Å². The summed E-state index contributed by atoms with van der Waals surface area (Å²) in [6, 6.07) is 8.58. The molecule has 20 heavy (non-hydrogen) atoms. The van der Waals surface area contributed by atoms with E-state index in [1.165, 1.54) is 22.2 Å². The van der Waals surface area contributed by atoms with Crippen LogP contribution in [0.4, 0.5) is 0 Å². The number of hydrogen-bond acceptors (Lipinski definition) is 2. The maximum atomic E-state index is 9.57. The van der Waals surface area contributed by atoms with Crippen LogP contribution in [-0.2, 0) is 13.6 Å². The fourth-order valence-electron chi connectivity index (χ4n) is 3.52. The Hall–Kier alpha value is -1.32. The van der Waals surface area contributed by atoms with Crippen LogP contribution in [0, 0.1) is 12.8 Å². The summed E-state index contributed by atoms with van der Waals surface area (Å²) in [5.41, 5.74) is 4.05. The number of nitrogens with zero attached hydrogens (tertiary/aromatic N) is 1. The van der Waals surface area contributed by atoms with Crippen LogP contribution in [0.5, 0.6) is 0 Å². The SMILES string of the molecule is Cc1c(CNCC2CCC(O)C2)n(C)c2ccccc12. The number of aliphatic hydroxyl groups excluding tert-OH is 1. The summed E-state index contributed by atoms with van der Waals surface area (Å²) in [5, 5.41) is 14.5. The van der Waals surface area contributed by atoms with E-state index >= 15 is 0 Å². The Bertz CT molecular complexity index is 563. The minimum absolute atomic E-state index is 0.0684. The Morgan fingerprint density at radius 1 is 1.30 bits per heavy atom. The predicted octanol–water partition coefficient (Wildman–Crippen LogP) is 2.74. The van der Waals surface area contributed by atoms with E-state index in [2.05, 4.69) is 48.1 Å². The summed E-state index contributed by atoms with van der Waals surface area (Å²) in [5.74, 6) is 0.639. The molecule has 3 heteroatoms. The smallest absolute Gasteiger partial charge is 0.0543 e. The number of hydrogen-bond donors (Lipinski definition) is 2. The molecule has 0 spiro atoms. The number of benzene rings is 1. The van der Waals surface area contributed by atoms with E-state index in [1.54, 1.807) is 0 Å². The van der Waals surface area contributed by atoms with Gasteiger partial charge in [0.05, 0.1) is 6.10 Å². The number of aliphatic hydroxyl groups is 1. The van der Waals surface area contributed by atoms with Crippen LogP contribution in [0.25, 0.3) is 10.9 Å². The van der Waals surface area contributed by atoms with Gasteiger partial charge in [-0.3, -0.25) is 0 Å². The van der Waals surface area contributed by atoms with Gasteiger partial charge in [-0.15, -0.1) is 0 Å². The fraction of sp³-hybridized carbons (Fsp3) is 0.529. The lowest BCUT2D eigenvalue weighted by Gasteiger charge is -2.12. The van der Waals surface area contributed by atoms with Gasteiger partial charge in [-0.1, -0.05) is 18.2 Å². The minimum atomic E-state index is -0.0684. The maximum Gasteiger partial charge on any atom is 0.0543 e. The Morgan fingerprint density at radius 3 is 2.80 bits per heavy atom. The fourth-order valence-corrected chi connectivity index (χ4v) is 3.52. The molecule has 0 aliphatic heterocycles. The predicted molar refractivity (Wildman–Crippen MR) is 82.7 cm³/mol. The van der Waals surface area contributed by atoms with Crippen molar-refractivity contribution in [2.24, 2.45) is 13.0 Å². The Morgan fingerprint density at radius 2 is 2.10 bits per heavy atom. The van der Waals surface area contributed by atoms with Crippen molar-refractivity contribution in [1.29, 1.82) is 0 Å². The zero-order chi connectivity index (χ0) is 14.1. The van der Waals surface area contributed by atoms with Crippen molar-refractivity contribution in [2.45, 2.75) is 38.8 Å². The lowest BCUT2D eigenvalue weighted by Crippen LogP contribution is -2.22. The van der Waals surface area contributed by atoms with Crippen molar-refractivity contribution >= 4 is 10.9 Å². The second-order valence-corrected chi connectivity index (χ2v) is 6.11. The molecule has 108 valence electrons. The number of nitrogens with one attached hydrogen (secondary N) is 1. The summed E-state index contributed by atoms with van der Waals surface area (Å²) in [7, 11) is 2.14. The first-order valence-electron chi connectivity index (χ1n) is 7.58. The van der Waals surface area contributed by atoms with Gasteiger partial charge in [0.2, 0.25) is 0 Å². The van der Waals surface area contributed by atoms with Crippen LogP contribution in [0.3, 0.4) is 0 Å². The molecule has 1 heterocycles. The van der Waals surface area contributed by atoms with E-state index in [0.717, 1.165) is 32.4 Å². The van der Waals surface area contributed by atoms with Gasteiger partial charge < -0.3 is 15.0 Å². The van der Waals surface area contributed by atoms with Gasteiger partial charge in [0, 0.05) is 30.2 Å². The van der Waals surface area contributed by atoms with E-state index in [0.29, 0.717) is 5.92 Å². The molecule has 1 saturated carbocycles. The monoisotopic (exact) mass is 272 g/mol. The van der Waals surface area contributed by atoms with Gasteiger partial charge in [-0.05, 0) is 50.3 Å². The average Bonchev–Trinajstić information content (AvgIpc) is 2.97. The molecule has 0 bridgehead atoms. The Balaban J connectivity index is 1.68. The van der Waals surface area contributed by atoms with Crippen LogP contribution < -0.4 is 5.32 Å². The third-order valence-electron chi connectivity index (χ3n) is 4.75. The van der Waals surface area contributed by atoms with Crippen LogP contribution >= 0.6 is 0 Å². The van der Waals surface area contributed by atoms with E-state index in [1.807, 2.05) is 0 Å². The molecule has 0 radical (unpaired) electrons. The number of rotatable bonds is 4. The van der Waals surface area contributed by atoms with Gasteiger partial charge in [0.1, 0.15) is 0 Å². The van der Waals surface area contributed by atoms with Crippen molar-refractivity contribution in [3.8, 4) is 0 Å². The quantitative estimate of drug-likeness (QED) is 0.898. The molecular weight excluding hydrogens is 248 g/mol. The lowest BCUT2D eigenvalue weighted by atomic mass is 10.1. The second-order valence-electron chi connectivity index (χ2n) is 6.11. The molecule has 0 saturated heterocycles. The molecule has 1 aliphatic rings. The van der Waals surface area contributed by atoms with Crippen LogP contribution in [0.1, 0.15) is 30.5 Å². The van der Waals surface area contributed by atoms with Crippen molar-refractivity contribution < 1.29 is 5.11 Å². The highest BCUT2D eigenvalue weighted by Crippen LogP contribution is 2.26. The molecule has 2 atom stereocenters. The first-order chi connectivity index (χ1) is 9.66. The summed E-state index contributed by atoms with van der Waals surface area (Å²) in [4.78, 5) is 0. The zero-order valence-electron chi connectivity index (χ0n) is 12.4. The molecule has 2 aromatic rings. The number of aryl methyl sites for hydroxylation is 2. The number of para-hydroxylation sites is 1. The molecule has 2 N–H and O–H groups in total. The molecule has 0 amide bonds. The van der Waals surface area contributed by atoms with Crippen molar-refractivity contribution in [3.63, 3.8) is 0 Å². The molecule has 1 aromatic carbocycles. The minimum Gasteiger partial charge on any atom is -0.393 e. The molecule has 1 fully saturated rings. The third-order valence-corrected chi connectivity index (χ3v) is 4.75. The van der Waals surface area contributed by atoms with Crippen molar-refractivity contribution in [3.05, 3.63) is 35.5 Å². The molecule has 2 unspecified atom stereocenters. The maximum absolute atomic E-state index is 9.57. The van der Waals surface area contributed by atoms with Crippen molar-refractivity contribution in [2.75, 3.05) is 6.54 Å². The summed E-state index contributed by atoms with van der Waals surface area (Å²) < 4.78 is 2.29. The molecule has 3 rings (SSSR count). The van der Waals surface area contributed by atoms with Gasteiger partial charge in [-0.2, -0.15) is 0 Å². The molecule has 3 nitrogen and oxygen atoms in total. The van der Waals surface area contributed by atoms with Gasteiger partial charge in [0.25, 0.3) is 0 Å². The highest BCUT2D eigenvalue weighted by atomic mass is 16.3. The van der Waals surface area contributed by atoms with E-state index < -0.39 is 0 Å². The Labute approximate surface area is 120 Å². The molecule has 1 aliphatic carbocycles. The summed E-state index contributed by atoms with van der Waals surface area (Å²) >= 11 is 0. The standard InChI is InChI=1S/C17H24N2O/c1-12-15-5-3-4-6-16(15)19(2)17(12)11-18-10-13-7-8-14(20)9-13/h3-6,13-14,18,20H,7-11H2,1-2H3.